The molecule has 5 nitrogen and oxygen atoms in total. The van der Waals surface area contributed by atoms with E-state index in [4.69, 9.17) is 0 Å². The summed E-state index contributed by atoms with van der Waals surface area (Å²) in [7, 11) is 0. The summed E-state index contributed by atoms with van der Waals surface area (Å²) in [6, 6.07) is 10.1. The van der Waals surface area contributed by atoms with Crippen LogP contribution < -0.4 is 15.4 Å². The van der Waals surface area contributed by atoms with E-state index in [9.17, 15) is 22.8 Å². The predicted molar refractivity (Wildman–Crippen MR) is 83.1 cm³/mol. The average Bonchev–Trinajstić information content (AvgIpc) is 2.91. The molecule has 0 atom stereocenters. The van der Waals surface area contributed by atoms with Crippen molar-refractivity contribution in [2.45, 2.75) is 19.3 Å². The van der Waals surface area contributed by atoms with Crippen LogP contribution in [0.25, 0.3) is 0 Å². The lowest BCUT2D eigenvalue weighted by Crippen LogP contribution is -2.23. The van der Waals surface area contributed by atoms with Crippen LogP contribution in [0, 0.1) is 0 Å². The van der Waals surface area contributed by atoms with Crippen molar-refractivity contribution < 1.29 is 27.5 Å². The van der Waals surface area contributed by atoms with Gasteiger partial charge in [-0.15, -0.1) is 13.2 Å². The van der Waals surface area contributed by atoms with Gasteiger partial charge in [0.1, 0.15) is 5.75 Å². The fourth-order valence-corrected chi connectivity index (χ4v) is 2.46. The predicted octanol–water partition coefficient (Wildman–Crippen LogP) is 3.01. The van der Waals surface area contributed by atoms with Gasteiger partial charge in [-0.25, -0.2) is 0 Å². The summed E-state index contributed by atoms with van der Waals surface area (Å²) < 4.78 is 40.1. The minimum atomic E-state index is -4.74. The maximum absolute atomic E-state index is 12.2. The molecule has 1 aliphatic rings. The van der Waals surface area contributed by atoms with E-state index in [-0.39, 0.29) is 30.5 Å². The molecule has 0 bridgehead atoms. The van der Waals surface area contributed by atoms with Crippen molar-refractivity contribution in [3.05, 3.63) is 59.2 Å². The smallest absolute Gasteiger partial charge is 0.406 e. The Morgan fingerprint density at radius 2 is 1.88 bits per heavy atom. The molecule has 2 N–H and O–H groups in total. The van der Waals surface area contributed by atoms with Gasteiger partial charge < -0.3 is 15.4 Å². The molecule has 2 aromatic carbocycles. The number of carbonyl (C=O) groups excluding carboxylic acids is 2. The lowest BCUT2D eigenvalue weighted by Gasteiger charge is -2.10. The van der Waals surface area contributed by atoms with Crippen molar-refractivity contribution in [1.82, 2.24) is 5.32 Å². The molecular formula is C17H13F3N2O3. The Morgan fingerprint density at radius 3 is 2.56 bits per heavy atom. The van der Waals surface area contributed by atoms with Crippen molar-refractivity contribution in [2.75, 3.05) is 5.32 Å². The van der Waals surface area contributed by atoms with Gasteiger partial charge in [-0.3, -0.25) is 9.59 Å². The topological polar surface area (TPSA) is 67.4 Å². The standard InChI is InChI=1S/C17H13F3N2O3/c18-17(19,20)25-13-4-1-10(2-5-13)9-21-16(24)11-3-6-14-12(7-11)8-15(23)22-14/h1-7H,8-9H2,(H,21,24)(H,22,23). The largest absolute Gasteiger partial charge is 0.573 e. The number of carbonyl (C=O) groups is 2. The Bertz CT molecular complexity index is 817. The molecule has 0 aliphatic carbocycles. The van der Waals surface area contributed by atoms with Crippen LogP contribution in [-0.2, 0) is 17.8 Å². The minimum absolute atomic E-state index is 0.117. The highest BCUT2D eigenvalue weighted by Gasteiger charge is 2.30. The van der Waals surface area contributed by atoms with E-state index >= 15 is 0 Å². The first-order chi connectivity index (χ1) is 11.8. The number of fused-ring (bicyclic) bond motifs is 1. The molecule has 0 unspecified atom stereocenters. The van der Waals surface area contributed by atoms with E-state index in [2.05, 4.69) is 15.4 Å². The van der Waals surface area contributed by atoms with Gasteiger partial charge in [0.05, 0.1) is 6.42 Å². The molecule has 0 fully saturated rings. The summed E-state index contributed by atoms with van der Waals surface area (Å²) in [5.41, 5.74) is 2.49. The number of ether oxygens (including phenoxy) is 1. The van der Waals surface area contributed by atoms with E-state index in [1.54, 1.807) is 18.2 Å². The van der Waals surface area contributed by atoms with Crippen molar-refractivity contribution in [1.29, 1.82) is 0 Å². The van der Waals surface area contributed by atoms with Gasteiger partial charge in [0.15, 0.2) is 0 Å². The molecule has 2 aromatic rings. The Kier molecular flexibility index (Phi) is 4.35. The first-order valence-electron chi connectivity index (χ1n) is 7.36. The molecule has 3 rings (SSSR count). The number of anilines is 1. The zero-order valence-corrected chi connectivity index (χ0v) is 12.8. The Balaban J connectivity index is 1.59. The molecule has 0 saturated heterocycles. The first kappa shape index (κ1) is 16.8. The van der Waals surface area contributed by atoms with Crippen LogP contribution >= 0.6 is 0 Å². The lowest BCUT2D eigenvalue weighted by atomic mass is 10.1. The number of benzene rings is 2. The molecule has 2 amide bonds. The van der Waals surface area contributed by atoms with Gasteiger partial charge in [0, 0.05) is 17.8 Å². The van der Waals surface area contributed by atoms with E-state index in [1.807, 2.05) is 0 Å². The zero-order chi connectivity index (χ0) is 18.0. The van der Waals surface area contributed by atoms with E-state index in [0.717, 1.165) is 5.56 Å². The Hall–Kier alpha value is -3.03. The van der Waals surface area contributed by atoms with Crippen LogP contribution in [0.1, 0.15) is 21.5 Å². The van der Waals surface area contributed by atoms with Gasteiger partial charge in [0.2, 0.25) is 5.91 Å². The number of halogens is 3. The highest BCUT2D eigenvalue weighted by Crippen LogP contribution is 2.24. The second kappa shape index (κ2) is 6.46. The van der Waals surface area contributed by atoms with Crippen molar-refractivity contribution >= 4 is 17.5 Å². The molecule has 25 heavy (non-hydrogen) atoms. The van der Waals surface area contributed by atoms with E-state index < -0.39 is 6.36 Å². The highest BCUT2D eigenvalue weighted by molar-refractivity contribution is 6.01. The molecule has 8 heteroatoms. The molecule has 0 radical (unpaired) electrons. The first-order valence-corrected chi connectivity index (χ1v) is 7.36. The van der Waals surface area contributed by atoms with Crippen molar-refractivity contribution in [2.24, 2.45) is 0 Å². The number of alkyl halides is 3. The second-order valence-electron chi connectivity index (χ2n) is 5.47. The van der Waals surface area contributed by atoms with Crippen molar-refractivity contribution in [3.8, 4) is 5.75 Å². The fourth-order valence-electron chi connectivity index (χ4n) is 2.46. The maximum Gasteiger partial charge on any atom is 0.573 e. The lowest BCUT2D eigenvalue weighted by molar-refractivity contribution is -0.274. The monoisotopic (exact) mass is 350 g/mol. The van der Waals surface area contributed by atoms with Gasteiger partial charge in [-0.1, -0.05) is 12.1 Å². The SMILES string of the molecule is O=C1Cc2cc(C(=O)NCc3ccc(OC(F)(F)F)cc3)ccc2N1. The van der Waals surface area contributed by atoms with Crippen LogP contribution in [-0.4, -0.2) is 18.2 Å². The maximum atomic E-state index is 12.2. The summed E-state index contributed by atoms with van der Waals surface area (Å²) in [5.74, 6) is -0.773. The normalized spacial score (nSPS) is 13.2. The number of hydrogen-bond acceptors (Lipinski definition) is 3. The molecule has 130 valence electrons. The number of hydrogen-bond donors (Lipinski definition) is 2. The number of amides is 2. The fraction of sp³-hybridized carbons (Fsp3) is 0.176. The summed E-state index contributed by atoms with van der Waals surface area (Å²) in [6.07, 6.45) is -4.50. The molecule has 1 heterocycles. The Morgan fingerprint density at radius 1 is 1.16 bits per heavy atom. The van der Waals surface area contributed by atoms with Crippen LogP contribution in [0.15, 0.2) is 42.5 Å². The number of nitrogens with one attached hydrogen (secondary N) is 2. The quantitative estimate of drug-likeness (QED) is 0.891. The third-order valence-corrected chi connectivity index (χ3v) is 3.60. The summed E-state index contributed by atoms with van der Waals surface area (Å²) in [4.78, 5) is 23.5. The molecular weight excluding hydrogens is 337 g/mol. The summed E-state index contributed by atoms with van der Waals surface area (Å²) in [5, 5.41) is 5.36. The number of rotatable bonds is 4. The van der Waals surface area contributed by atoms with Crippen LogP contribution in [0.2, 0.25) is 0 Å². The molecule has 0 spiro atoms. The average molecular weight is 350 g/mol. The highest BCUT2D eigenvalue weighted by atomic mass is 19.4. The van der Waals surface area contributed by atoms with E-state index in [0.29, 0.717) is 16.8 Å². The van der Waals surface area contributed by atoms with Crippen molar-refractivity contribution in [3.63, 3.8) is 0 Å². The summed E-state index contributed by atoms with van der Waals surface area (Å²) in [6.45, 7) is 0.152. The van der Waals surface area contributed by atoms with Crippen LogP contribution in [0.5, 0.6) is 5.75 Å². The van der Waals surface area contributed by atoms with Crippen LogP contribution in [0.4, 0.5) is 18.9 Å². The Labute approximate surface area is 140 Å². The molecule has 0 saturated carbocycles. The van der Waals surface area contributed by atoms with Crippen LogP contribution in [0.3, 0.4) is 0 Å². The zero-order valence-electron chi connectivity index (χ0n) is 12.8. The van der Waals surface area contributed by atoms with Gasteiger partial charge >= 0.3 is 6.36 Å². The third kappa shape index (κ3) is 4.28. The minimum Gasteiger partial charge on any atom is -0.406 e. The second-order valence-corrected chi connectivity index (χ2v) is 5.47. The molecule has 1 aliphatic heterocycles. The van der Waals surface area contributed by atoms with Gasteiger partial charge in [0.25, 0.3) is 5.91 Å². The third-order valence-electron chi connectivity index (χ3n) is 3.60. The van der Waals surface area contributed by atoms with E-state index in [1.165, 1.54) is 24.3 Å². The summed E-state index contributed by atoms with van der Waals surface area (Å²) >= 11 is 0. The van der Waals surface area contributed by atoms with Gasteiger partial charge in [-0.2, -0.15) is 0 Å². The van der Waals surface area contributed by atoms with Gasteiger partial charge in [-0.05, 0) is 41.5 Å². The molecule has 0 aromatic heterocycles.